The molecule has 1 aliphatic heterocycles. The Morgan fingerprint density at radius 3 is 2.45 bits per heavy atom. The third-order valence-electron chi connectivity index (χ3n) is 6.12. The molecule has 0 aromatic carbocycles. The molecule has 0 radical (unpaired) electrons. The molecule has 0 bridgehead atoms. The second-order valence-electron chi connectivity index (χ2n) is 8.40. The van der Waals surface area contributed by atoms with Crippen LogP contribution >= 0.6 is 0 Å². The molecule has 1 saturated heterocycles. The number of carbonyl (C=O) groups is 1. The molecule has 112 valence electrons. The number of hydrogen-bond donors (Lipinski definition) is 0. The second kappa shape index (κ2) is 4.61. The van der Waals surface area contributed by atoms with E-state index in [1.807, 2.05) is 20.8 Å². The van der Waals surface area contributed by atoms with E-state index in [1.54, 1.807) is 0 Å². The number of carbonyl (C=O) groups excluding carboxylic acids is 1. The quantitative estimate of drug-likeness (QED) is 0.705. The summed E-state index contributed by atoms with van der Waals surface area (Å²) in [5, 5.41) is 0. The van der Waals surface area contributed by atoms with E-state index in [2.05, 4.69) is 24.5 Å². The van der Waals surface area contributed by atoms with Gasteiger partial charge in [-0.05, 0) is 48.3 Å². The molecule has 6 atom stereocenters. The van der Waals surface area contributed by atoms with Crippen LogP contribution in [0.2, 0.25) is 0 Å². The van der Waals surface area contributed by atoms with E-state index in [0.29, 0.717) is 5.91 Å². The highest BCUT2D eigenvalue weighted by atomic mass is 16.2. The third-order valence-corrected chi connectivity index (χ3v) is 6.12. The van der Waals surface area contributed by atoms with Crippen LogP contribution in [-0.4, -0.2) is 23.9 Å². The van der Waals surface area contributed by atoms with Crippen molar-refractivity contribution in [2.45, 2.75) is 40.5 Å². The Bertz CT molecular complexity index is 422. The standard InChI is InChI=1S/C18H29NO/c1-6-7-12-14-8-13(14)11(2)15-9-19(10-16(12)15)17(20)18(3,4)5/h6,11-16H,1,7-10H2,2-5H3. The summed E-state index contributed by atoms with van der Waals surface area (Å²) in [4.78, 5) is 14.7. The van der Waals surface area contributed by atoms with Gasteiger partial charge in [0.2, 0.25) is 5.91 Å². The van der Waals surface area contributed by atoms with Crippen molar-refractivity contribution in [2.75, 3.05) is 13.1 Å². The molecule has 2 aliphatic carbocycles. The molecular formula is C18H29NO. The van der Waals surface area contributed by atoms with Crippen molar-refractivity contribution in [1.29, 1.82) is 0 Å². The van der Waals surface area contributed by atoms with Crippen LogP contribution in [-0.2, 0) is 4.79 Å². The SMILES string of the molecule is C=CCC1C2CC2C(C)C2CN(C(=O)C(C)(C)C)CC21. The van der Waals surface area contributed by atoms with Crippen molar-refractivity contribution < 1.29 is 4.79 Å². The van der Waals surface area contributed by atoms with Gasteiger partial charge in [0.1, 0.15) is 0 Å². The Kier molecular flexibility index (Phi) is 3.26. The lowest BCUT2D eigenvalue weighted by atomic mass is 9.68. The minimum atomic E-state index is -0.242. The highest BCUT2D eigenvalue weighted by molar-refractivity contribution is 5.81. The zero-order chi connectivity index (χ0) is 14.7. The van der Waals surface area contributed by atoms with E-state index < -0.39 is 0 Å². The topological polar surface area (TPSA) is 20.3 Å². The number of fused-ring (bicyclic) bond motifs is 2. The highest BCUT2D eigenvalue weighted by Gasteiger charge is 2.59. The van der Waals surface area contributed by atoms with Crippen LogP contribution in [0.1, 0.15) is 40.5 Å². The first-order chi connectivity index (χ1) is 9.34. The maximum Gasteiger partial charge on any atom is 0.227 e. The monoisotopic (exact) mass is 275 g/mol. The van der Waals surface area contributed by atoms with Crippen LogP contribution in [0.25, 0.3) is 0 Å². The molecule has 6 unspecified atom stereocenters. The van der Waals surface area contributed by atoms with Crippen LogP contribution in [0.15, 0.2) is 12.7 Å². The van der Waals surface area contributed by atoms with Crippen LogP contribution in [0.3, 0.4) is 0 Å². The summed E-state index contributed by atoms with van der Waals surface area (Å²) < 4.78 is 0. The van der Waals surface area contributed by atoms with Gasteiger partial charge in [-0.1, -0.05) is 33.8 Å². The Hall–Kier alpha value is -0.790. The minimum absolute atomic E-state index is 0.242. The summed E-state index contributed by atoms with van der Waals surface area (Å²) in [5.74, 6) is 5.25. The molecule has 0 N–H and O–H groups in total. The van der Waals surface area contributed by atoms with Crippen molar-refractivity contribution in [1.82, 2.24) is 4.90 Å². The number of hydrogen-bond acceptors (Lipinski definition) is 1. The Labute approximate surface area is 123 Å². The first kappa shape index (κ1) is 14.2. The van der Waals surface area contributed by atoms with Gasteiger partial charge < -0.3 is 4.90 Å². The van der Waals surface area contributed by atoms with E-state index in [4.69, 9.17) is 0 Å². The van der Waals surface area contributed by atoms with Gasteiger partial charge in [0, 0.05) is 18.5 Å². The second-order valence-corrected chi connectivity index (χ2v) is 8.40. The summed E-state index contributed by atoms with van der Waals surface area (Å²) in [6.07, 6.45) is 4.67. The van der Waals surface area contributed by atoms with Crippen LogP contribution < -0.4 is 0 Å². The normalized spacial score (nSPS) is 42.9. The van der Waals surface area contributed by atoms with Gasteiger partial charge in [0.15, 0.2) is 0 Å². The lowest BCUT2D eigenvalue weighted by Crippen LogP contribution is -2.38. The number of amides is 1. The van der Waals surface area contributed by atoms with Gasteiger partial charge in [-0.3, -0.25) is 4.79 Å². The van der Waals surface area contributed by atoms with Crippen molar-refractivity contribution in [3.63, 3.8) is 0 Å². The van der Waals surface area contributed by atoms with Gasteiger partial charge >= 0.3 is 0 Å². The molecule has 0 spiro atoms. The predicted octanol–water partition coefficient (Wildman–Crippen LogP) is 3.59. The molecule has 3 fully saturated rings. The third kappa shape index (κ3) is 2.12. The Morgan fingerprint density at radius 2 is 1.85 bits per heavy atom. The molecule has 2 nitrogen and oxygen atoms in total. The summed E-state index contributed by atoms with van der Waals surface area (Å²) in [6.45, 7) is 14.5. The average Bonchev–Trinajstić information content (AvgIpc) is 3.04. The predicted molar refractivity (Wildman–Crippen MR) is 82.1 cm³/mol. The van der Waals surface area contributed by atoms with Gasteiger partial charge in [-0.15, -0.1) is 6.58 Å². The molecule has 2 heteroatoms. The fourth-order valence-corrected chi connectivity index (χ4v) is 5.01. The molecule has 0 aromatic heterocycles. The maximum atomic E-state index is 12.6. The van der Waals surface area contributed by atoms with E-state index in [9.17, 15) is 4.79 Å². The van der Waals surface area contributed by atoms with Gasteiger partial charge in [-0.2, -0.15) is 0 Å². The number of likely N-dealkylation sites (tertiary alicyclic amines) is 1. The maximum absolute atomic E-state index is 12.6. The van der Waals surface area contributed by atoms with Crippen molar-refractivity contribution in [3.8, 4) is 0 Å². The van der Waals surface area contributed by atoms with E-state index in [-0.39, 0.29) is 5.41 Å². The minimum Gasteiger partial charge on any atom is -0.342 e. The van der Waals surface area contributed by atoms with Gasteiger partial charge in [0.25, 0.3) is 0 Å². The summed E-state index contributed by atoms with van der Waals surface area (Å²) >= 11 is 0. The summed E-state index contributed by atoms with van der Waals surface area (Å²) in [6, 6.07) is 0. The largest absolute Gasteiger partial charge is 0.342 e. The average molecular weight is 275 g/mol. The number of allylic oxidation sites excluding steroid dienone is 1. The van der Waals surface area contributed by atoms with Gasteiger partial charge in [-0.25, -0.2) is 0 Å². The Balaban J connectivity index is 1.78. The van der Waals surface area contributed by atoms with Crippen molar-refractivity contribution in [3.05, 3.63) is 12.7 Å². The smallest absolute Gasteiger partial charge is 0.227 e. The van der Waals surface area contributed by atoms with Crippen molar-refractivity contribution in [2.24, 2.45) is 40.9 Å². The van der Waals surface area contributed by atoms with E-state index in [1.165, 1.54) is 6.42 Å². The molecular weight excluding hydrogens is 246 g/mol. The van der Waals surface area contributed by atoms with Gasteiger partial charge in [0.05, 0.1) is 0 Å². The fourth-order valence-electron chi connectivity index (χ4n) is 5.01. The molecule has 3 rings (SSSR count). The zero-order valence-corrected chi connectivity index (χ0v) is 13.4. The summed E-state index contributed by atoms with van der Waals surface area (Å²) in [7, 11) is 0. The number of rotatable bonds is 2. The molecule has 2 saturated carbocycles. The highest BCUT2D eigenvalue weighted by Crippen LogP contribution is 2.62. The van der Waals surface area contributed by atoms with E-state index >= 15 is 0 Å². The lowest BCUT2D eigenvalue weighted by molar-refractivity contribution is -0.138. The Morgan fingerprint density at radius 1 is 1.20 bits per heavy atom. The fraction of sp³-hybridized carbons (Fsp3) is 0.833. The number of nitrogens with zero attached hydrogens (tertiary/aromatic N) is 1. The molecule has 1 amide bonds. The summed E-state index contributed by atoms with van der Waals surface area (Å²) in [5.41, 5.74) is -0.242. The van der Waals surface area contributed by atoms with Crippen LogP contribution in [0.5, 0.6) is 0 Å². The first-order valence-corrected chi connectivity index (χ1v) is 8.25. The molecule has 0 aromatic rings. The first-order valence-electron chi connectivity index (χ1n) is 8.25. The van der Waals surface area contributed by atoms with Crippen LogP contribution in [0, 0.1) is 40.9 Å². The molecule has 1 heterocycles. The van der Waals surface area contributed by atoms with E-state index in [0.717, 1.165) is 55.0 Å². The van der Waals surface area contributed by atoms with Crippen molar-refractivity contribution >= 4 is 5.91 Å². The molecule has 20 heavy (non-hydrogen) atoms. The molecule has 3 aliphatic rings. The van der Waals surface area contributed by atoms with Crippen LogP contribution in [0.4, 0.5) is 0 Å². The lowest BCUT2D eigenvalue weighted by Gasteiger charge is -2.36. The zero-order valence-electron chi connectivity index (χ0n) is 13.4.